The summed E-state index contributed by atoms with van der Waals surface area (Å²) in [6, 6.07) is 12.7. The zero-order chi connectivity index (χ0) is 23.7. The molecule has 2 aromatic heterocycles. The summed E-state index contributed by atoms with van der Waals surface area (Å²) in [5.41, 5.74) is 2.69. The summed E-state index contributed by atoms with van der Waals surface area (Å²) in [4.78, 5) is 42.4. The summed E-state index contributed by atoms with van der Waals surface area (Å²) in [6.07, 6.45) is 6.93. The smallest absolute Gasteiger partial charge is 0.297 e. The van der Waals surface area contributed by atoms with Crippen LogP contribution in [0.5, 0.6) is 0 Å². The molecule has 0 saturated heterocycles. The maximum Gasteiger partial charge on any atom is 0.297 e. The number of nitrogens with one attached hydrogen (secondary N) is 2. The number of para-hydroxylation sites is 1. The molecule has 1 saturated carbocycles. The number of benzene rings is 2. The highest BCUT2D eigenvalue weighted by Crippen LogP contribution is 2.24. The predicted molar refractivity (Wildman–Crippen MR) is 130 cm³/mol. The lowest BCUT2D eigenvalue weighted by Gasteiger charge is -2.23. The van der Waals surface area contributed by atoms with Crippen LogP contribution in [0.4, 0.5) is 5.69 Å². The Morgan fingerprint density at radius 1 is 1.12 bits per heavy atom. The Morgan fingerprint density at radius 3 is 2.71 bits per heavy atom. The lowest BCUT2D eigenvalue weighted by Crippen LogP contribution is -2.36. The van der Waals surface area contributed by atoms with Crippen molar-refractivity contribution in [3.63, 3.8) is 0 Å². The maximum absolute atomic E-state index is 12.8. The zero-order valence-corrected chi connectivity index (χ0v) is 19.0. The number of hydrogen-bond acceptors (Lipinski definition) is 5. The van der Waals surface area contributed by atoms with Crippen molar-refractivity contribution >= 4 is 39.6 Å². The highest BCUT2D eigenvalue weighted by molar-refractivity contribution is 6.02. The minimum absolute atomic E-state index is 0.0929. The minimum Gasteiger partial charge on any atom is -0.448 e. The third kappa shape index (κ3) is 4.31. The van der Waals surface area contributed by atoms with Crippen molar-refractivity contribution in [2.24, 2.45) is 0 Å². The standard InChI is InChI=1S/C26H26N4O4/c1-16-13-17(25(32)28-18-7-3-2-4-8-18)11-12-20(16)29-22(31)14-30-15-27-23-19-9-5-6-10-21(19)34-24(23)26(30)33/h5-6,9-13,15,18H,2-4,7-8,14H2,1H3,(H,28,32)(H,29,31). The zero-order valence-electron chi connectivity index (χ0n) is 19.0. The molecule has 0 unspecified atom stereocenters. The van der Waals surface area contributed by atoms with Crippen LogP contribution >= 0.6 is 0 Å². The molecule has 2 N–H and O–H groups in total. The van der Waals surface area contributed by atoms with Gasteiger partial charge in [0.05, 0.1) is 6.33 Å². The predicted octanol–water partition coefficient (Wildman–Crippen LogP) is 4.15. The van der Waals surface area contributed by atoms with Crippen molar-refractivity contribution in [1.82, 2.24) is 14.9 Å². The van der Waals surface area contributed by atoms with E-state index in [1.165, 1.54) is 17.3 Å². The molecule has 8 heteroatoms. The number of anilines is 1. The normalized spacial score (nSPS) is 14.4. The molecule has 2 heterocycles. The van der Waals surface area contributed by atoms with Gasteiger partial charge in [0.15, 0.2) is 0 Å². The summed E-state index contributed by atoms with van der Waals surface area (Å²) in [5, 5.41) is 6.68. The maximum atomic E-state index is 12.8. The van der Waals surface area contributed by atoms with Gasteiger partial charge in [0.2, 0.25) is 11.5 Å². The first-order chi connectivity index (χ1) is 16.5. The molecule has 1 aliphatic rings. The molecule has 0 atom stereocenters. The summed E-state index contributed by atoms with van der Waals surface area (Å²) in [7, 11) is 0. The molecular weight excluding hydrogens is 432 g/mol. The van der Waals surface area contributed by atoms with Crippen LogP contribution in [0.2, 0.25) is 0 Å². The molecule has 8 nitrogen and oxygen atoms in total. The third-order valence-corrected chi connectivity index (χ3v) is 6.37. The van der Waals surface area contributed by atoms with Crippen LogP contribution in [-0.4, -0.2) is 27.4 Å². The van der Waals surface area contributed by atoms with Crippen molar-refractivity contribution in [1.29, 1.82) is 0 Å². The van der Waals surface area contributed by atoms with E-state index in [0.717, 1.165) is 36.6 Å². The van der Waals surface area contributed by atoms with Crippen LogP contribution in [0.1, 0.15) is 48.0 Å². The largest absolute Gasteiger partial charge is 0.448 e. The van der Waals surface area contributed by atoms with Crippen LogP contribution in [0.25, 0.3) is 22.1 Å². The summed E-state index contributed by atoms with van der Waals surface area (Å²) < 4.78 is 6.89. The molecule has 2 aromatic carbocycles. The van der Waals surface area contributed by atoms with E-state index < -0.39 is 5.56 Å². The van der Waals surface area contributed by atoms with E-state index in [1.54, 1.807) is 24.3 Å². The number of carbonyl (C=O) groups is 2. The Bertz CT molecular complexity index is 1450. The van der Waals surface area contributed by atoms with E-state index in [1.807, 2.05) is 25.1 Å². The Hall–Kier alpha value is -3.94. The quantitative estimate of drug-likeness (QED) is 0.467. The molecule has 5 rings (SSSR count). The molecule has 0 bridgehead atoms. The fourth-order valence-corrected chi connectivity index (χ4v) is 4.53. The lowest BCUT2D eigenvalue weighted by molar-refractivity contribution is -0.116. The van der Waals surface area contributed by atoms with Crippen LogP contribution in [0.15, 0.2) is 58.0 Å². The van der Waals surface area contributed by atoms with Crippen LogP contribution in [0, 0.1) is 6.92 Å². The highest BCUT2D eigenvalue weighted by atomic mass is 16.3. The van der Waals surface area contributed by atoms with Crippen molar-refractivity contribution in [2.75, 3.05) is 5.32 Å². The number of furan rings is 1. The Morgan fingerprint density at radius 2 is 1.91 bits per heavy atom. The van der Waals surface area contributed by atoms with Gasteiger partial charge in [-0.1, -0.05) is 31.4 Å². The van der Waals surface area contributed by atoms with Gasteiger partial charge in [-0.15, -0.1) is 0 Å². The van der Waals surface area contributed by atoms with Gasteiger partial charge in [0.25, 0.3) is 11.5 Å². The average molecular weight is 459 g/mol. The van der Waals surface area contributed by atoms with Crippen molar-refractivity contribution < 1.29 is 14.0 Å². The molecule has 0 aliphatic heterocycles. The van der Waals surface area contributed by atoms with Crippen LogP contribution in [0.3, 0.4) is 0 Å². The summed E-state index contributed by atoms with van der Waals surface area (Å²) >= 11 is 0. The second-order valence-corrected chi connectivity index (χ2v) is 8.84. The second kappa shape index (κ2) is 9.13. The molecule has 2 amide bonds. The molecule has 34 heavy (non-hydrogen) atoms. The molecule has 0 spiro atoms. The Labute approximate surface area is 196 Å². The Balaban J connectivity index is 1.28. The van der Waals surface area contributed by atoms with Gasteiger partial charge in [-0.05, 0) is 55.7 Å². The van der Waals surface area contributed by atoms with E-state index in [4.69, 9.17) is 4.42 Å². The van der Waals surface area contributed by atoms with Gasteiger partial charge in [-0.25, -0.2) is 4.98 Å². The molecule has 0 radical (unpaired) electrons. The number of fused-ring (bicyclic) bond motifs is 3. The number of hydrogen-bond donors (Lipinski definition) is 2. The summed E-state index contributed by atoms with van der Waals surface area (Å²) in [6.45, 7) is 1.63. The Kier molecular flexibility index (Phi) is 5.88. The van der Waals surface area contributed by atoms with E-state index in [0.29, 0.717) is 22.4 Å². The van der Waals surface area contributed by atoms with E-state index in [9.17, 15) is 14.4 Å². The number of nitrogens with zero attached hydrogens (tertiary/aromatic N) is 2. The number of amides is 2. The van der Waals surface area contributed by atoms with Crippen molar-refractivity contribution in [2.45, 2.75) is 51.6 Å². The average Bonchev–Trinajstić information content (AvgIpc) is 3.22. The highest BCUT2D eigenvalue weighted by Gasteiger charge is 2.18. The fourth-order valence-electron chi connectivity index (χ4n) is 4.53. The molecule has 1 fully saturated rings. The monoisotopic (exact) mass is 458 g/mol. The first-order valence-electron chi connectivity index (χ1n) is 11.6. The van der Waals surface area contributed by atoms with Gasteiger partial charge >= 0.3 is 0 Å². The molecular formula is C26H26N4O4. The second-order valence-electron chi connectivity index (χ2n) is 8.84. The summed E-state index contributed by atoms with van der Waals surface area (Å²) in [5.74, 6) is -0.466. The van der Waals surface area contributed by atoms with E-state index >= 15 is 0 Å². The SMILES string of the molecule is Cc1cc(C(=O)NC2CCCCC2)ccc1NC(=O)Cn1cnc2c(oc3ccccc32)c1=O. The van der Waals surface area contributed by atoms with Gasteiger partial charge in [-0.2, -0.15) is 0 Å². The van der Waals surface area contributed by atoms with E-state index in [2.05, 4.69) is 15.6 Å². The van der Waals surface area contributed by atoms with Gasteiger partial charge in [0, 0.05) is 22.7 Å². The van der Waals surface area contributed by atoms with Crippen molar-refractivity contribution in [3.05, 3.63) is 70.3 Å². The third-order valence-electron chi connectivity index (χ3n) is 6.37. The van der Waals surface area contributed by atoms with Gasteiger partial charge in [-0.3, -0.25) is 19.0 Å². The van der Waals surface area contributed by atoms with Gasteiger partial charge < -0.3 is 15.1 Å². The minimum atomic E-state index is -0.414. The van der Waals surface area contributed by atoms with Gasteiger partial charge in [0.1, 0.15) is 17.6 Å². The molecule has 174 valence electrons. The van der Waals surface area contributed by atoms with Crippen molar-refractivity contribution in [3.8, 4) is 0 Å². The van der Waals surface area contributed by atoms with Crippen LogP contribution in [-0.2, 0) is 11.3 Å². The fraction of sp³-hybridized carbons (Fsp3) is 0.308. The number of carbonyl (C=O) groups excluding carboxylic acids is 2. The number of aryl methyl sites for hydroxylation is 1. The number of rotatable bonds is 5. The molecule has 4 aromatic rings. The first kappa shape index (κ1) is 21.9. The first-order valence-corrected chi connectivity index (χ1v) is 11.6. The van der Waals surface area contributed by atoms with Crippen LogP contribution < -0.4 is 16.2 Å². The lowest BCUT2D eigenvalue weighted by atomic mass is 9.95. The van der Waals surface area contributed by atoms with E-state index in [-0.39, 0.29) is 30.0 Å². The topological polar surface area (TPSA) is 106 Å². The molecule has 1 aliphatic carbocycles. The number of aromatic nitrogens is 2.